The largest absolute Gasteiger partial charge is 0.481 e. The summed E-state index contributed by atoms with van der Waals surface area (Å²) in [6.45, 7) is 0.747. The molecule has 0 bridgehead atoms. The number of H-pyrrole nitrogens is 1. The molecule has 0 spiro atoms. The van der Waals surface area contributed by atoms with Gasteiger partial charge in [0.2, 0.25) is 0 Å². The van der Waals surface area contributed by atoms with E-state index in [4.69, 9.17) is 4.74 Å². The lowest BCUT2D eigenvalue weighted by Crippen LogP contribution is -2.46. The van der Waals surface area contributed by atoms with E-state index in [0.29, 0.717) is 37.3 Å². The lowest BCUT2D eigenvalue weighted by Gasteiger charge is -2.33. The van der Waals surface area contributed by atoms with Gasteiger partial charge in [-0.05, 0) is 43.2 Å². The van der Waals surface area contributed by atoms with Crippen LogP contribution in [0, 0.1) is 11.2 Å². The minimum absolute atomic E-state index is 0.0232. The van der Waals surface area contributed by atoms with Gasteiger partial charge in [-0.25, -0.2) is 4.39 Å². The molecule has 0 atom stereocenters. The van der Waals surface area contributed by atoms with Crippen molar-refractivity contribution >= 4 is 11.9 Å². The Morgan fingerprint density at radius 2 is 1.96 bits per heavy atom. The standard InChI is InChI=1S/C17H18FN3O4/c18-12-3-1-11(2-4-12)13-9-14(21-20-13)15(22)19-10-17(16(23)24)5-7-25-8-6-17/h1-4,9H,5-8,10H2,(H,19,22)(H,20,21)(H,23,24). The molecule has 0 unspecified atom stereocenters. The molecule has 0 aliphatic carbocycles. The number of aromatic amines is 1. The number of hydrogen-bond donors (Lipinski definition) is 3. The lowest BCUT2D eigenvalue weighted by molar-refractivity contribution is -0.154. The van der Waals surface area contributed by atoms with Crippen LogP contribution in [0.3, 0.4) is 0 Å². The zero-order chi connectivity index (χ0) is 17.9. The van der Waals surface area contributed by atoms with Gasteiger partial charge in [0.25, 0.3) is 5.91 Å². The number of carbonyl (C=O) groups excluding carboxylic acids is 1. The van der Waals surface area contributed by atoms with Crippen molar-refractivity contribution in [3.8, 4) is 11.3 Å². The molecule has 0 saturated carbocycles. The van der Waals surface area contributed by atoms with E-state index in [9.17, 15) is 19.1 Å². The van der Waals surface area contributed by atoms with Gasteiger partial charge in [-0.1, -0.05) is 0 Å². The summed E-state index contributed by atoms with van der Waals surface area (Å²) in [5.74, 6) is -1.73. The number of rotatable bonds is 5. The van der Waals surface area contributed by atoms with Crippen molar-refractivity contribution in [1.82, 2.24) is 15.5 Å². The smallest absolute Gasteiger partial charge is 0.311 e. The van der Waals surface area contributed by atoms with Crippen LogP contribution in [0.1, 0.15) is 23.3 Å². The first-order valence-electron chi connectivity index (χ1n) is 7.91. The number of nitrogens with zero attached hydrogens (tertiary/aromatic N) is 1. The highest BCUT2D eigenvalue weighted by Gasteiger charge is 2.40. The van der Waals surface area contributed by atoms with Gasteiger partial charge in [0.15, 0.2) is 0 Å². The summed E-state index contributed by atoms with van der Waals surface area (Å²) < 4.78 is 18.2. The fourth-order valence-electron chi connectivity index (χ4n) is 2.78. The Kier molecular flexibility index (Phi) is 4.80. The van der Waals surface area contributed by atoms with E-state index in [1.54, 1.807) is 18.2 Å². The molecule has 132 valence electrons. The number of nitrogens with one attached hydrogen (secondary N) is 2. The van der Waals surface area contributed by atoms with Crippen LogP contribution in [-0.4, -0.2) is 46.9 Å². The molecular formula is C17H18FN3O4. The maximum atomic E-state index is 13.0. The van der Waals surface area contributed by atoms with Crippen molar-refractivity contribution in [3.63, 3.8) is 0 Å². The van der Waals surface area contributed by atoms with Crippen LogP contribution in [0.5, 0.6) is 0 Å². The topological polar surface area (TPSA) is 104 Å². The summed E-state index contributed by atoms with van der Waals surface area (Å²) in [7, 11) is 0. The molecule has 25 heavy (non-hydrogen) atoms. The van der Waals surface area contributed by atoms with Gasteiger partial charge in [-0.2, -0.15) is 5.10 Å². The third kappa shape index (κ3) is 3.69. The molecule has 2 heterocycles. The molecule has 3 rings (SSSR count). The highest BCUT2D eigenvalue weighted by atomic mass is 19.1. The molecule has 3 N–H and O–H groups in total. The highest BCUT2D eigenvalue weighted by Crippen LogP contribution is 2.30. The summed E-state index contributed by atoms with van der Waals surface area (Å²) in [4.78, 5) is 23.9. The second kappa shape index (κ2) is 7.02. The van der Waals surface area contributed by atoms with E-state index >= 15 is 0 Å². The molecule has 8 heteroatoms. The molecule has 0 radical (unpaired) electrons. The number of hydrogen-bond acceptors (Lipinski definition) is 4. The average molecular weight is 347 g/mol. The maximum Gasteiger partial charge on any atom is 0.311 e. The second-order valence-corrected chi connectivity index (χ2v) is 6.05. The summed E-state index contributed by atoms with van der Waals surface area (Å²) in [5, 5.41) is 18.8. The van der Waals surface area contributed by atoms with Crippen LogP contribution in [0.15, 0.2) is 30.3 Å². The summed E-state index contributed by atoms with van der Waals surface area (Å²) in [6, 6.07) is 7.29. The fraction of sp³-hybridized carbons (Fsp3) is 0.353. The monoisotopic (exact) mass is 347 g/mol. The normalized spacial score (nSPS) is 16.4. The van der Waals surface area contributed by atoms with Crippen molar-refractivity contribution in [2.45, 2.75) is 12.8 Å². The van der Waals surface area contributed by atoms with Gasteiger partial charge in [-0.15, -0.1) is 0 Å². The number of carbonyl (C=O) groups is 2. The van der Waals surface area contributed by atoms with Gasteiger partial charge in [0.05, 0.1) is 11.1 Å². The maximum absolute atomic E-state index is 13.0. The molecule has 7 nitrogen and oxygen atoms in total. The Bertz CT molecular complexity index is 766. The van der Waals surface area contributed by atoms with Crippen LogP contribution >= 0.6 is 0 Å². The Morgan fingerprint density at radius 3 is 2.60 bits per heavy atom. The number of amides is 1. The van der Waals surface area contributed by atoms with Crippen molar-refractivity contribution in [2.75, 3.05) is 19.8 Å². The molecule has 1 fully saturated rings. The first-order chi connectivity index (χ1) is 12.0. The number of aromatic nitrogens is 2. The quantitative estimate of drug-likeness (QED) is 0.765. The van der Waals surface area contributed by atoms with Crippen molar-refractivity contribution < 1.29 is 23.8 Å². The predicted octanol–water partition coefficient (Wildman–Crippen LogP) is 1.83. The Labute approximate surface area is 143 Å². The third-order valence-corrected chi connectivity index (χ3v) is 4.45. The molecule has 1 amide bonds. The molecular weight excluding hydrogens is 329 g/mol. The van der Waals surface area contributed by atoms with Crippen LogP contribution in [-0.2, 0) is 9.53 Å². The Hall–Kier alpha value is -2.74. The highest BCUT2D eigenvalue weighted by molar-refractivity contribution is 5.93. The van der Waals surface area contributed by atoms with Crippen LogP contribution in [0.25, 0.3) is 11.3 Å². The number of halogens is 1. The van der Waals surface area contributed by atoms with Crippen molar-refractivity contribution in [1.29, 1.82) is 0 Å². The SMILES string of the molecule is O=C(NCC1(C(=O)O)CCOCC1)c1cc(-c2ccc(F)cc2)n[nH]1. The number of ether oxygens (including phenoxy) is 1. The molecule has 2 aromatic rings. The first kappa shape index (κ1) is 17.1. The van der Waals surface area contributed by atoms with Gasteiger partial charge in [-0.3, -0.25) is 14.7 Å². The molecule has 1 aliphatic heterocycles. The first-order valence-corrected chi connectivity index (χ1v) is 7.91. The number of carboxylic acids is 1. The van der Waals surface area contributed by atoms with E-state index < -0.39 is 17.3 Å². The molecule has 1 aliphatic rings. The number of carboxylic acid groups (broad SMARTS) is 1. The van der Waals surface area contributed by atoms with Crippen LogP contribution < -0.4 is 5.32 Å². The zero-order valence-electron chi connectivity index (χ0n) is 13.4. The number of benzene rings is 1. The summed E-state index contributed by atoms with van der Waals surface area (Å²) in [5.41, 5.74) is 0.382. The minimum Gasteiger partial charge on any atom is -0.481 e. The third-order valence-electron chi connectivity index (χ3n) is 4.45. The summed E-state index contributed by atoms with van der Waals surface area (Å²) >= 11 is 0. The molecule has 1 saturated heterocycles. The van der Waals surface area contributed by atoms with Gasteiger partial charge >= 0.3 is 5.97 Å². The Balaban J connectivity index is 1.67. The second-order valence-electron chi connectivity index (χ2n) is 6.05. The van der Waals surface area contributed by atoms with Crippen LogP contribution in [0.4, 0.5) is 4.39 Å². The van der Waals surface area contributed by atoms with Gasteiger partial charge in [0.1, 0.15) is 11.5 Å². The van der Waals surface area contributed by atoms with Crippen LogP contribution in [0.2, 0.25) is 0 Å². The van der Waals surface area contributed by atoms with E-state index in [2.05, 4.69) is 15.5 Å². The minimum atomic E-state index is -1.01. The van der Waals surface area contributed by atoms with Gasteiger partial charge < -0.3 is 15.2 Å². The van der Waals surface area contributed by atoms with E-state index in [1.807, 2.05) is 0 Å². The zero-order valence-corrected chi connectivity index (χ0v) is 13.4. The average Bonchev–Trinajstić information content (AvgIpc) is 3.11. The summed E-state index contributed by atoms with van der Waals surface area (Å²) in [6.07, 6.45) is 0.707. The van der Waals surface area contributed by atoms with Gasteiger partial charge in [0, 0.05) is 25.3 Å². The van der Waals surface area contributed by atoms with E-state index in [1.165, 1.54) is 12.1 Å². The molecule has 1 aromatic carbocycles. The van der Waals surface area contributed by atoms with E-state index in [0.717, 1.165) is 0 Å². The fourth-order valence-corrected chi connectivity index (χ4v) is 2.78. The predicted molar refractivity (Wildman–Crippen MR) is 86.4 cm³/mol. The van der Waals surface area contributed by atoms with Crippen molar-refractivity contribution in [3.05, 3.63) is 41.8 Å². The lowest BCUT2D eigenvalue weighted by atomic mass is 9.80. The number of aliphatic carboxylic acids is 1. The molecule has 1 aromatic heterocycles. The van der Waals surface area contributed by atoms with Crippen molar-refractivity contribution in [2.24, 2.45) is 5.41 Å². The van der Waals surface area contributed by atoms with E-state index in [-0.39, 0.29) is 18.1 Å². The Morgan fingerprint density at radius 1 is 1.28 bits per heavy atom.